The molecule has 0 spiro atoms. The third-order valence-electron chi connectivity index (χ3n) is 6.09. The Morgan fingerprint density at radius 2 is 1.39 bits per heavy atom. The molecule has 4 aromatic carbocycles. The molecule has 7 heteroatoms. The molecule has 0 aliphatic carbocycles. The zero-order valence-electron chi connectivity index (χ0n) is 21.3. The van der Waals surface area contributed by atoms with E-state index in [1.165, 1.54) is 25.1 Å². The van der Waals surface area contributed by atoms with Crippen LogP contribution in [0.2, 0.25) is 0 Å². The molecule has 0 fully saturated rings. The summed E-state index contributed by atoms with van der Waals surface area (Å²) in [4.78, 5) is 25.4. The van der Waals surface area contributed by atoms with Gasteiger partial charge >= 0.3 is 5.97 Å². The number of ether oxygens (including phenoxy) is 1. The van der Waals surface area contributed by atoms with E-state index in [1.54, 1.807) is 24.3 Å². The minimum Gasteiger partial charge on any atom is -0.457 e. The molecule has 4 nitrogen and oxygen atoms in total. The van der Waals surface area contributed by atoms with Crippen LogP contribution in [0.15, 0.2) is 89.8 Å². The van der Waals surface area contributed by atoms with E-state index in [2.05, 4.69) is 0 Å². The van der Waals surface area contributed by atoms with E-state index in [9.17, 15) is 9.59 Å². The van der Waals surface area contributed by atoms with Crippen LogP contribution in [0, 0.1) is 25.5 Å². The topological polar surface area (TPSA) is 46.6 Å². The number of halogens is 2. The van der Waals surface area contributed by atoms with Gasteiger partial charge in [0.1, 0.15) is 12.3 Å². The molecule has 0 amide bonds. The number of nitrogens with zero attached hydrogens (tertiary/aromatic N) is 1. The van der Waals surface area contributed by atoms with E-state index in [4.69, 9.17) is 4.74 Å². The van der Waals surface area contributed by atoms with Crippen molar-refractivity contribution >= 4 is 29.4 Å². The van der Waals surface area contributed by atoms with Gasteiger partial charge in [0.2, 0.25) is 0 Å². The van der Waals surface area contributed by atoms with Gasteiger partial charge in [-0.1, -0.05) is 66.7 Å². The molecule has 0 saturated carbocycles. The maximum Gasteiger partial charge on any atom is 0.338 e. The highest BCUT2D eigenvalue weighted by Crippen LogP contribution is 2.39. The van der Waals surface area contributed by atoms with Gasteiger partial charge in [-0.15, -0.1) is 0 Å². The number of hydrogen-bond donors (Lipinski definition) is 0. The van der Waals surface area contributed by atoms with Crippen LogP contribution >= 0.6 is 11.9 Å². The quantitative estimate of drug-likeness (QED) is 0.125. The summed E-state index contributed by atoms with van der Waals surface area (Å²) in [6, 6.07) is 25.4. The first-order chi connectivity index (χ1) is 18.3. The first-order valence-corrected chi connectivity index (χ1v) is 12.8. The lowest BCUT2D eigenvalue weighted by molar-refractivity contribution is 0.0472. The first kappa shape index (κ1) is 27.1. The Hall–Kier alpha value is -3.97. The Morgan fingerprint density at radius 3 is 1.97 bits per heavy atom. The van der Waals surface area contributed by atoms with Crippen molar-refractivity contribution in [2.45, 2.75) is 38.8 Å². The highest BCUT2D eigenvalue weighted by atomic mass is 32.2. The normalized spacial score (nSPS) is 10.8. The molecule has 0 aliphatic heterocycles. The number of ketones is 1. The highest BCUT2D eigenvalue weighted by molar-refractivity contribution is 8.00. The molecule has 4 aromatic rings. The number of rotatable bonds is 9. The summed E-state index contributed by atoms with van der Waals surface area (Å²) >= 11 is 1.10. The van der Waals surface area contributed by atoms with Crippen molar-refractivity contribution in [3.63, 3.8) is 0 Å². The minimum atomic E-state index is -0.792. The van der Waals surface area contributed by atoms with Gasteiger partial charge in [0, 0.05) is 10.5 Å². The van der Waals surface area contributed by atoms with Crippen LogP contribution in [0.5, 0.6) is 0 Å². The summed E-state index contributed by atoms with van der Waals surface area (Å²) in [6.45, 7) is 4.58. The first-order valence-electron chi connectivity index (χ1n) is 12.1. The number of carbonyl (C=O) groups is 2. The third kappa shape index (κ3) is 6.11. The summed E-state index contributed by atoms with van der Waals surface area (Å²) in [5, 5.41) is 0. The Kier molecular flexibility index (Phi) is 8.59. The zero-order chi connectivity index (χ0) is 27.2. The van der Waals surface area contributed by atoms with Crippen LogP contribution in [0.1, 0.15) is 49.9 Å². The fourth-order valence-corrected chi connectivity index (χ4v) is 5.26. The van der Waals surface area contributed by atoms with Crippen LogP contribution in [0.4, 0.5) is 14.5 Å². The molecule has 0 radical (unpaired) electrons. The molecule has 0 aromatic heterocycles. The summed E-state index contributed by atoms with van der Waals surface area (Å²) in [5.74, 6) is -2.48. The van der Waals surface area contributed by atoms with Crippen molar-refractivity contribution in [2.24, 2.45) is 0 Å². The van der Waals surface area contributed by atoms with Crippen molar-refractivity contribution in [1.29, 1.82) is 0 Å². The van der Waals surface area contributed by atoms with E-state index in [-0.39, 0.29) is 35.5 Å². The van der Waals surface area contributed by atoms with Gasteiger partial charge in [0.25, 0.3) is 0 Å². The number of anilines is 1. The van der Waals surface area contributed by atoms with Crippen LogP contribution in [0.25, 0.3) is 0 Å². The van der Waals surface area contributed by atoms with Gasteiger partial charge < -0.3 is 9.04 Å². The van der Waals surface area contributed by atoms with Crippen LogP contribution in [-0.4, -0.2) is 11.8 Å². The minimum absolute atomic E-state index is 0.0524. The molecule has 4 rings (SSSR count). The average Bonchev–Trinajstić information content (AvgIpc) is 2.92. The number of hydrogen-bond acceptors (Lipinski definition) is 5. The van der Waals surface area contributed by atoms with Gasteiger partial charge in [0.05, 0.1) is 12.1 Å². The van der Waals surface area contributed by atoms with Crippen molar-refractivity contribution in [1.82, 2.24) is 0 Å². The third-order valence-corrected chi connectivity index (χ3v) is 7.09. The maximum absolute atomic E-state index is 15.7. The molecule has 0 bridgehead atoms. The SMILES string of the molecule is CC(=O)c1c(C)c(F)c(N(Cc2ccccc2)Sc2cccc(C(=O)OCc3ccccc3)c2)c(F)c1C. The number of carbonyl (C=O) groups excluding carboxylic acids is 2. The monoisotopic (exact) mass is 531 g/mol. The van der Waals surface area contributed by atoms with E-state index in [0.717, 1.165) is 23.1 Å². The van der Waals surface area contributed by atoms with Crippen molar-refractivity contribution in [3.8, 4) is 0 Å². The van der Waals surface area contributed by atoms with Gasteiger partial charge in [-0.25, -0.2) is 13.6 Å². The fraction of sp³-hybridized carbons (Fsp3) is 0.161. The van der Waals surface area contributed by atoms with Crippen molar-refractivity contribution in [3.05, 3.63) is 130 Å². The van der Waals surface area contributed by atoms with Crippen LogP contribution < -0.4 is 4.31 Å². The lowest BCUT2D eigenvalue weighted by Gasteiger charge is -2.27. The van der Waals surface area contributed by atoms with E-state index < -0.39 is 23.4 Å². The second-order valence-corrected chi connectivity index (χ2v) is 9.96. The molecule has 0 atom stereocenters. The van der Waals surface area contributed by atoms with E-state index in [1.807, 2.05) is 60.7 Å². The molecule has 0 saturated heterocycles. The lowest BCUT2D eigenvalue weighted by Crippen LogP contribution is -2.20. The van der Waals surface area contributed by atoms with Gasteiger partial charge in [-0.2, -0.15) is 0 Å². The molecule has 0 aliphatic rings. The molecule has 194 valence electrons. The summed E-state index contributed by atoms with van der Waals surface area (Å²) in [6.07, 6.45) is 0. The molecular weight excluding hydrogens is 504 g/mol. The van der Waals surface area contributed by atoms with Crippen molar-refractivity contribution in [2.75, 3.05) is 4.31 Å². The van der Waals surface area contributed by atoms with Gasteiger partial charge in [-0.05, 0) is 73.2 Å². The van der Waals surface area contributed by atoms with Gasteiger partial charge in [-0.3, -0.25) is 4.79 Å². The Labute approximate surface area is 225 Å². The Bertz CT molecular complexity index is 1430. The standard InChI is InChI=1S/C31H27F2NO3S/c1-20-27(22(3)35)21(2)29(33)30(28(20)32)34(18-23-11-6-4-7-12-23)38-26-16-10-15-25(17-26)31(36)37-19-24-13-8-5-9-14-24/h4-17H,18-19H2,1-3H3. The molecule has 0 N–H and O–H groups in total. The van der Waals surface area contributed by atoms with E-state index >= 15 is 8.78 Å². The van der Waals surface area contributed by atoms with E-state index in [0.29, 0.717) is 10.5 Å². The highest BCUT2D eigenvalue weighted by Gasteiger charge is 2.27. The summed E-state index contributed by atoms with van der Waals surface area (Å²) in [7, 11) is 0. The van der Waals surface area contributed by atoms with Crippen LogP contribution in [-0.2, 0) is 17.9 Å². The lowest BCUT2D eigenvalue weighted by atomic mass is 9.97. The predicted molar refractivity (Wildman–Crippen MR) is 146 cm³/mol. The average molecular weight is 532 g/mol. The Morgan fingerprint density at radius 1 is 0.816 bits per heavy atom. The second kappa shape index (κ2) is 12.0. The fourth-order valence-electron chi connectivity index (χ4n) is 4.22. The van der Waals surface area contributed by atoms with Crippen LogP contribution in [0.3, 0.4) is 0 Å². The second-order valence-electron chi connectivity index (χ2n) is 8.86. The smallest absolute Gasteiger partial charge is 0.338 e. The number of esters is 1. The number of Topliss-reactive ketones (excluding diaryl/α,β-unsaturated/α-hetero) is 1. The van der Waals surface area contributed by atoms with Gasteiger partial charge in [0.15, 0.2) is 17.4 Å². The maximum atomic E-state index is 15.7. The summed E-state index contributed by atoms with van der Waals surface area (Å²) < 4.78 is 38.3. The predicted octanol–water partition coefficient (Wildman–Crippen LogP) is 7.86. The zero-order valence-corrected chi connectivity index (χ0v) is 22.1. The molecule has 38 heavy (non-hydrogen) atoms. The summed E-state index contributed by atoms with van der Waals surface area (Å²) in [5.41, 5.74) is 2.04. The molecule has 0 unspecified atom stereocenters. The Balaban J connectivity index is 1.67. The molecular formula is C31H27F2NO3S. The molecule has 0 heterocycles. The largest absolute Gasteiger partial charge is 0.457 e. The number of benzene rings is 4. The van der Waals surface area contributed by atoms with Crippen molar-refractivity contribution < 1.29 is 23.1 Å².